The number of ether oxygens (including phenoxy) is 2. The second-order valence-corrected chi connectivity index (χ2v) is 8.02. The van der Waals surface area contributed by atoms with Gasteiger partial charge in [-0.25, -0.2) is 14.0 Å². The van der Waals surface area contributed by atoms with Gasteiger partial charge in [-0.05, 0) is 67.9 Å². The Morgan fingerprint density at radius 2 is 1.53 bits per heavy atom. The lowest BCUT2D eigenvalue weighted by molar-refractivity contribution is -0.165. The smallest absolute Gasteiger partial charge is 0.335 e. The number of carboxylic acid groups (broad SMARTS) is 2. The molecule has 0 bridgehead atoms. The summed E-state index contributed by atoms with van der Waals surface area (Å²) in [5.41, 5.74) is 1.20. The third-order valence-electron chi connectivity index (χ3n) is 5.56. The third-order valence-corrected chi connectivity index (χ3v) is 5.56. The van der Waals surface area contributed by atoms with E-state index in [0.29, 0.717) is 18.4 Å². The molecule has 0 aromatic heterocycles. The van der Waals surface area contributed by atoms with E-state index in [0.717, 1.165) is 31.0 Å². The number of halogens is 1. The Morgan fingerprint density at radius 1 is 1.00 bits per heavy atom. The van der Waals surface area contributed by atoms with E-state index in [4.69, 9.17) is 29.9 Å². The molecule has 1 fully saturated rings. The van der Waals surface area contributed by atoms with E-state index >= 15 is 0 Å². The summed E-state index contributed by atoms with van der Waals surface area (Å²) in [5.74, 6) is -1.26. The number of aliphatic hydroxyl groups is 2. The first-order valence-electron chi connectivity index (χ1n) is 10.6. The molecule has 1 aliphatic heterocycles. The fourth-order valence-electron chi connectivity index (χ4n) is 3.68. The lowest BCUT2D eigenvalue weighted by Crippen LogP contribution is -2.39. The predicted octanol–water partition coefficient (Wildman–Crippen LogP) is 1.83. The minimum atomic E-state index is -2.27. The van der Waals surface area contributed by atoms with Gasteiger partial charge in [0.05, 0.1) is 13.7 Å². The van der Waals surface area contributed by atoms with Gasteiger partial charge in [-0.1, -0.05) is 12.1 Å². The number of hydrogen-bond acceptors (Lipinski definition) is 7. The van der Waals surface area contributed by atoms with E-state index in [9.17, 15) is 14.0 Å². The van der Waals surface area contributed by atoms with Crippen LogP contribution in [0.3, 0.4) is 0 Å². The number of rotatable bonds is 8. The molecule has 1 heterocycles. The number of nitrogens with zero attached hydrogens (tertiary/aromatic N) is 1. The molecule has 1 aliphatic rings. The minimum Gasteiger partial charge on any atom is -0.497 e. The van der Waals surface area contributed by atoms with Gasteiger partial charge in [0.1, 0.15) is 17.3 Å². The summed E-state index contributed by atoms with van der Waals surface area (Å²) in [4.78, 5) is 21.9. The number of benzene rings is 2. The van der Waals surface area contributed by atoms with Crippen LogP contribution in [0, 0.1) is 11.7 Å². The summed E-state index contributed by atoms with van der Waals surface area (Å²) in [7, 11) is 3.79. The van der Waals surface area contributed by atoms with Crippen molar-refractivity contribution in [1.29, 1.82) is 0 Å². The summed E-state index contributed by atoms with van der Waals surface area (Å²) >= 11 is 0. The molecule has 3 rings (SSSR count). The van der Waals surface area contributed by atoms with Crippen LogP contribution in [0.2, 0.25) is 0 Å². The van der Waals surface area contributed by atoms with Crippen LogP contribution < -0.4 is 9.47 Å². The molecule has 9 nitrogen and oxygen atoms in total. The molecule has 0 radical (unpaired) electrons. The van der Waals surface area contributed by atoms with Crippen LogP contribution in [0.1, 0.15) is 17.9 Å². The maximum absolute atomic E-state index is 13.2. The SMILES string of the molecule is COc1ccc(OC[C@H]2CN(C)CC[C@@H]2c2ccc(F)cc2)cc1.O=C(O)C(O)C(O)C(=O)O. The van der Waals surface area contributed by atoms with E-state index in [1.807, 2.05) is 36.4 Å². The van der Waals surface area contributed by atoms with Crippen molar-refractivity contribution in [3.63, 3.8) is 0 Å². The lowest BCUT2D eigenvalue weighted by atomic mass is 9.81. The molecule has 0 aliphatic carbocycles. The van der Waals surface area contributed by atoms with Crippen molar-refractivity contribution in [2.24, 2.45) is 5.92 Å². The Hall–Kier alpha value is -3.21. The summed E-state index contributed by atoms with van der Waals surface area (Å²) in [6, 6.07) is 14.6. The van der Waals surface area contributed by atoms with Crippen molar-refractivity contribution in [2.45, 2.75) is 24.5 Å². The zero-order valence-corrected chi connectivity index (χ0v) is 19.0. The number of piperidine rings is 1. The number of likely N-dealkylation sites (tertiary alicyclic amines) is 1. The minimum absolute atomic E-state index is 0.183. The van der Waals surface area contributed by atoms with Crippen molar-refractivity contribution in [1.82, 2.24) is 4.90 Å². The predicted molar refractivity (Wildman–Crippen MR) is 121 cm³/mol. The molecule has 10 heteroatoms. The number of aliphatic carboxylic acids is 2. The number of carbonyl (C=O) groups is 2. The highest BCUT2D eigenvalue weighted by Gasteiger charge is 2.30. The largest absolute Gasteiger partial charge is 0.497 e. The van der Waals surface area contributed by atoms with E-state index < -0.39 is 24.1 Å². The lowest BCUT2D eigenvalue weighted by Gasteiger charge is -2.37. The van der Waals surface area contributed by atoms with Gasteiger partial charge in [0.25, 0.3) is 0 Å². The highest BCUT2D eigenvalue weighted by molar-refractivity contribution is 5.83. The van der Waals surface area contributed by atoms with Gasteiger partial charge in [-0.15, -0.1) is 0 Å². The zero-order valence-electron chi connectivity index (χ0n) is 19.0. The average molecular weight is 480 g/mol. The second kappa shape index (κ2) is 12.9. The number of hydrogen-bond donors (Lipinski definition) is 4. The summed E-state index contributed by atoms with van der Waals surface area (Å²) in [6.07, 6.45) is -3.46. The average Bonchev–Trinajstić information content (AvgIpc) is 2.83. The highest BCUT2D eigenvalue weighted by Crippen LogP contribution is 2.33. The third kappa shape index (κ3) is 7.98. The van der Waals surface area contributed by atoms with Gasteiger partial charge in [-0.2, -0.15) is 0 Å². The maximum atomic E-state index is 13.2. The fraction of sp³-hybridized carbons (Fsp3) is 0.417. The van der Waals surface area contributed by atoms with E-state index in [1.165, 1.54) is 5.56 Å². The first-order chi connectivity index (χ1) is 16.1. The molecule has 4 atom stereocenters. The zero-order chi connectivity index (χ0) is 25.3. The van der Waals surface area contributed by atoms with Gasteiger partial charge in [-0.3, -0.25) is 0 Å². The molecule has 4 N–H and O–H groups in total. The van der Waals surface area contributed by atoms with Crippen LogP contribution in [-0.2, 0) is 9.59 Å². The number of methoxy groups -OCH3 is 1. The maximum Gasteiger partial charge on any atom is 0.335 e. The van der Waals surface area contributed by atoms with Gasteiger partial charge in [0.15, 0.2) is 12.2 Å². The Balaban J connectivity index is 0.000000347. The number of aliphatic hydroxyl groups excluding tert-OH is 2. The van der Waals surface area contributed by atoms with Crippen LogP contribution in [0.25, 0.3) is 0 Å². The van der Waals surface area contributed by atoms with Crippen LogP contribution in [-0.4, -0.2) is 83.3 Å². The van der Waals surface area contributed by atoms with E-state index in [1.54, 1.807) is 19.2 Å². The molecule has 0 spiro atoms. The van der Waals surface area contributed by atoms with Crippen LogP contribution in [0.5, 0.6) is 11.5 Å². The van der Waals surface area contributed by atoms with Crippen LogP contribution in [0.15, 0.2) is 48.5 Å². The summed E-state index contributed by atoms with van der Waals surface area (Å²) in [6.45, 7) is 2.69. The standard InChI is InChI=1S/C20H24FNO2.C4H6O6/c1-22-12-11-20(15-3-5-17(21)6-4-15)16(13-22)14-24-19-9-7-18(23-2)8-10-19;5-1(3(7)8)2(6)4(9)10/h3-10,16,20H,11-14H2,1-2H3;1-2,5-6H,(H,7,8)(H,9,10)/t16-,20-;/m1./s1. The summed E-state index contributed by atoms with van der Waals surface area (Å²) < 4.78 is 24.4. The van der Waals surface area contributed by atoms with Crippen molar-refractivity contribution in [3.8, 4) is 11.5 Å². The fourth-order valence-corrected chi connectivity index (χ4v) is 3.68. The Labute approximate surface area is 197 Å². The van der Waals surface area contributed by atoms with Gasteiger partial charge < -0.3 is 34.8 Å². The van der Waals surface area contributed by atoms with Gasteiger partial charge >= 0.3 is 11.9 Å². The second-order valence-electron chi connectivity index (χ2n) is 8.02. The van der Waals surface area contributed by atoms with E-state index in [2.05, 4.69) is 11.9 Å². The summed E-state index contributed by atoms with van der Waals surface area (Å²) in [5, 5.41) is 32.5. The molecule has 2 aromatic carbocycles. The normalized spacial score (nSPS) is 19.8. The Bertz CT molecular complexity index is 904. The number of carboxylic acids is 2. The van der Waals surface area contributed by atoms with Crippen molar-refractivity contribution in [3.05, 3.63) is 59.9 Å². The quantitative estimate of drug-likeness (QED) is 0.447. The van der Waals surface area contributed by atoms with E-state index in [-0.39, 0.29) is 5.82 Å². The van der Waals surface area contributed by atoms with Crippen LogP contribution in [0.4, 0.5) is 4.39 Å². The molecule has 2 unspecified atom stereocenters. The molecule has 1 saturated heterocycles. The molecule has 0 saturated carbocycles. The topological polar surface area (TPSA) is 137 Å². The van der Waals surface area contributed by atoms with Gasteiger partial charge in [0.2, 0.25) is 0 Å². The monoisotopic (exact) mass is 479 g/mol. The molecule has 2 aromatic rings. The molecule has 0 amide bonds. The molecular formula is C24H30FNO8. The Kier molecular flexibility index (Phi) is 10.2. The molecule has 186 valence electrons. The first kappa shape index (κ1) is 27.0. The van der Waals surface area contributed by atoms with Crippen molar-refractivity contribution >= 4 is 11.9 Å². The highest BCUT2D eigenvalue weighted by atomic mass is 19.1. The van der Waals surface area contributed by atoms with Crippen molar-refractivity contribution < 1.29 is 43.9 Å². The van der Waals surface area contributed by atoms with Crippen molar-refractivity contribution in [2.75, 3.05) is 33.9 Å². The first-order valence-corrected chi connectivity index (χ1v) is 10.6. The molecule has 34 heavy (non-hydrogen) atoms. The van der Waals surface area contributed by atoms with Gasteiger partial charge in [0, 0.05) is 12.5 Å². The van der Waals surface area contributed by atoms with Crippen LogP contribution >= 0.6 is 0 Å². The molecular weight excluding hydrogens is 449 g/mol. The Morgan fingerprint density at radius 3 is 2.03 bits per heavy atom.